The van der Waals surface area contributed by atoms with Crippen LogP contribution in [0, 0.1) is 46.3 Å². The van der Waals surface area contributed by atoms with E-state index in [9.17, 15) is 37.9 Å². The van der Waals surface area contributed by atoms with Crippen molar-refractivity contribution < 1.29 is 37.4 Å². The number of nitriles is 2. The van der Waals surface area contributed by atoms with Crippen molar-refractivity contribution in [1.82, 2.24) is 0 Å². The van der Waals surface area contributed by atoms with Gasteiger partial charge in [-0.3, -0.25) is 14.4 Å². The first-order valence-electron chi connectivity index (χ1n) is 9.14. The zero-order chi connectivity index (χ0) is 23.1. The molecule has 6 atom stereocenters. The van der Waals surface area contributed by atoms with Gasteiger partial charge in [0.1, 0.15) is 5.92 Å². The number of imide groups is 1. The van der Waals surface area contributed by atoms with Gasteiger partial charge in [0.15, 0.2) is 0 Å². The molecule has 3 heterocycles. The number of carboxylic acids is 1. The Kier molecular flexibility index (Phi) is 4.06. The maximum absolute atomic E-state index is 13.4. The SMILES string of the molecule is C[C@]12O[C@](C)([C@H](C#N)[C@H]1C(=O)O)[C@H]1C(=O)N(c3ccc(C#N)c(C(F)(F)F)c3)C(=O)[C@H]12. The average Bonchev–Trinajstić information content (AvgIpc) is 3.19. The normalized spacial score (nSPS) is 36.3. The van der Waals surface area contributed by atoms with Gasteiger partial charge in [0.05, 0.1) is 57.9 Å². The van der Waals surface area contributed by atoms with Gasteiger partial charge >= 0.3 is 12.1 Å². The van der Waals surface area contributed by atoms with Crippen molar-refractivity contribution in [1.29, 1.82) is 10.5 Å². The molecule has 2 bridgehead atoms. The lowest BCUT2D eigenvalue weighted by molar-refractivity contribution is -0.151. The van der Waals surface area contributed by atoms with Crippen LogP contribution in [0.3, 0.4) is 0 Å². The van der Waals surface area contributed by atoms with Crippen molar-refractivity contribution in [3.63, 3.8) is 0 Å². The third-order valence-corrected chi connectivity index (χ3v) is 6.64. The number of hydrogen-bond donors (Lipinski definition) is 1. The molecule has 31 heavy (non-hydrogen) atoms. The maximum atomic E-state index is 13.4. The summed E-state index contributed by atoms with van der Waals surface area (Å²) < 4.78 is 45.9. The number of aliphatic carboxylic acids is 1. The Hall–Kier alpha value is -3.44. The Morgan fingerprint density at radius 2 is 1.74 bits per heavy atom. The first kappa shape index (κ1) is 20.8. The Morgan fingerprint density at radius 3 is 2.23 bits per heavy atom. The van der Waals surface area contributed by atoms with E-state index in [0.29, 0.717) is 11.0 Å². The monoisotopic (exact) mass is 433 g/mol. The summed E-state index contributed by atoms with van der Waals surface area (Å²) in [5.74, 6) is -8.28. The largest absolute Gasteiger partial charge is 0.481 e. The Bertz CT molecular complexity index is 1140. The third-order valence-electron chi connectivity index (χ3n) is 6.64. The van der Waals surface area contributed by atoms with Gasteiger partial charge in [-0.05, 0) is 32.0 Å². The lowest BCUT2D eigenvalue weighted by Gasteiger charge is -2.35. The van der Waals surface area contributed by atoms with Gasteiger partial charge in [-0.25, -0.2) is 4.90 Å². The van der Waals surface area contributed by atoms with Crippen molar-refractivity contribution in [2.24, 2.45) is 23.7 Å². The van der Waals surface area contributed by atoms with Crippen molar-refractivity contribution >= 4 is 23.5 Å². The van der Waals surface area contributed by atoms with Crippen molar-refractivity contribution in [2.45, 2.75) is 31.2 Å². The number of alkyl halides is 3. The number of fused-ring (bicyclic) bond motifs is 5. The summed E-state index contributed by atoms with van der Waals surface area (Å²) in [5, 5.41) is 28.2. The average molecular weight is 433 g/mol. The first-order valence-corrected chi connectivity index (χ1v) is 9.14. The van der Waals surface area contributed by atoms with Crippen LogP contribution in [0.15, 0.2) is 18.2 Å². The molecule has 0 aliphatic carbocycles. The topological polar surface area (TPSA) is 131 Å². The van der Waals surface area contributed by atoms with E-state index in [1.54, 1.807) is 0 Å². The van der Waals surface area contributed by atoms with Crippen LogP contribution in [-0.4, -0.2) is 34.1 Å². The summed E-state index contributed by atoms with van der Waals surface area (Å²) in [6.45, 7) is 2.71. The molecule has 1 aromatic carbocycles. The summed E-state index contributed by atoms with van der Waals surface area (Å²) in [4.78, 5) is 38.9. The van der Waals surface area contributed by atoms with Crippen molar-refractivity contribution in [3.05, 3.63) is 29.3 Å². The molecule has 4 rings (SSSR count). The molecular weight excluding hydrogens is 419 g/mol. The second kappa shape index (κ2) is 6.05. The molecular formula is C20H14F3N3O5. The second-order valence-electron chi connectivity index (χ2n) is 8.20. The minimum Gasteiger partial charge on any atom is -0.481 e. The van der Waals surface area contributed by atoms with Gasteiger partial charge in [0.25, 0.3) is 0 Å². The van der Waals surface area contributed by atoms with Gasteiger partial charge in [0.2, 0.25) is 11.8 Å². The molecule has 1 N–H and O–H groups in total. The molecule has 0 unspecified atom stereocenters. The predicted molar refractivity (Wildman–Crippen MR) is 93.8 cm³/mol. The Labute approximate surface area is 173 Å². The number of amides is 2. The number of nitrogens with zero attached hydrogens (tertiary/aromatic N) is 3. The van der Waals surface area contributed by atoms with Crippen LogP contribution in [0.4, 0.5) is 18.9 Å². The lowest BCUT2D eigenvalue weighted by Crippen LogP contribution is -2.53. The molecule has 8 nitrogen and oxygen atoms in total. The second-order valence-corrected chi connectivity index (χ2v) is 8.20. The van der Waals surface area contributed by atoms with Gasteiger partial charge < -0.3 is 9.84 Å². The predicted octanol–water partition coefficient (Wildman–Crippen LogP) is 2.08. The standard InChI is InChI=1S/C20H14F3N3O5/c1-18-11(7-25)12(17(29)30)19(2,31-18)14-13(18)15(27)26(16(14)28)9-4-3-8(6-24)10(5-9)20(21,22)23/h3-5,11-14H,1-2H3,(H,29,30)/t11-,12+,13-,14+,18-,19+/m1/s1. The van der Waals surface area contributed by atoms with Crippen LogP contribution in [-0.2, 0) is 25.3 Å². The highest BCUT2D eigenvalue weighted by Gasteiger charge is 2.81. The molecule has 3 aliphatic heterocycles. The summed E-state index contributed by atoms with van der Waals surface area (Å²) in [5.41, 5.74) is -5.65. The number of carbonyl (C=O) groups excluding carboxylic acids is 2. The van der Waals surface area contributed by atoms with E-state index >= 15 is 0 Å². The molecule has 0 spiro atoms. The maximum Gasteiger partial charge on any atom is 0.417 e. The van der Waals surface area contributed by atoms with Gasteiger partial charge in [-0.1, -0.05) is 0 Å². The van der Waals surface area contributed by atoms with E-state index in [-0.39, 0.29) is 5.69 Å². The van der Waals surface area contributed by atoms with Crippen molar-refractivity contribution in [2.75, 3.05) is 4.90 Å². The number of ether oxygens (including phenoxy) is 1. The molecule has 3 fully saturated rings. The molecule has 2 amide bonds. The Balaban J connectivity index is 1.85. The molecule has 3 saturated heterocycles. The molecule has 160 valence electrons. The number of carboxylic acid groups (broad SMARTS) is 1. The fourth-order valence-electron chi connectivity index (χ4n) is 5.45. The molecule has 3 aliphatic rings. The summed E-state index contributed by atoms with van der Waals surface area (Å²) in [6.07, 6.45) is -4.90. The zero-order valence-electron chi connectivity index (χ0n) is 16.1. The van der Waals surface area contributed by atoms with Crippen LogP contribution in [0.5, 0.6) is 0 Å². The summed E-state index contributed by atoms with van der Waals surface area (Å²) >= 11 is 0. The molecule has 1 aromatic rings. The third kappa shape index (κ3) is 2.41. The van der Waals surface area contributed by atoms with Crippen LogP contribution in [0.1, 0.15) is 25.0 Å². The molecule has 11 heteroatoms. The van der Waals surface area contributed by atoms with E-state index < -0.39 is 70.0 Å². The van der Waals surface area contributed by atoms with Crippen LogP contribution < -0.4 is 4.90 Å². The smallest absolute Gasteiger partial charge is 0.417 e. The minimum absolute atomic E-state index is 0.386. The van der Waals surface area contributed by atoms with Crippen LogP contribution in [0.2, 0.25) is 0 Å². The highest BCUT2D eigenvalue weighted by molar-refractivity contribution is 6.23. The molecule has 0 saturated carbocycles. The summed E-state index contributed by atoms with van der Waals surface area (Å²) in [6, 6.07) is 5.74. The quantitative estimate of drug-likeness (QED) is 0.707. The van der Waals surface area contributed by atoms with Crippen LogP contribution >= 0.6 is 0 Å². The summed E-state index contributed by atoms with van der Waals surface area (Å²) in [7, 11) is 0. The van der Waals surface area contributed by atoms with E-state index in [0.717, 1.165) is 12.1 Å². The highest BCUT2D eigenvalue weighted by atomic mass is 19.4. The zero-order valence-corrected chi connectivity index (χ0v) is 16.1. The van der Waals surface area contributed by atoms with Gasteiger partial charge in [0, 0.05) is 0 Å². The molecule has 0 aromatic heterocycles. The van der Waals surface area contributed by atoms with E-state index in [1.165, 1.54) is 19.9 Å². The number of benzene rings is 1. The molecule has 0 radical (unpaired) electrons. The highest BCUT2D eigenvalue weighted by Crippen LogP contribution is 2.65. The van der Waals surface area contributed by atoms with E-state index in [4.69, 9.17) is 10.00 Å². The fourth-order valence-corrected chi connectivity index (χ4v) is 5.45. The van der Waals surface area contributed by atoms with Gasteiger partial charge in [-0.15, -0.1) is 0 Å². The van der Waals surface area contributed by atoms with E-state index in [1.807, 2.05) is 6.07 Å². The van der Waals surface area contributed by atoms with Crippen LogP contribution in [0.25, 0.3) is 0 Å². The minimum atomic E-state index is -4.90. The number of rotatable bonds is 2. The van der Waals surface area contributed by atoms with E-state index in [2.05, 4.69) is 0 Å². The van der Waals surface area contributed by atoms with Crippen molar-refractivity contribution in [3.8, 4) is 12.1 Å². The lowest BCUT2D eigenvalue weighted by atomic mass is 9.59. The number of anilines is 1. The first-order chi connectivity index (χ1) is 14.3. The fraction of sp³-hybridized carbons (Fsp3) is 0.450. The Morgan fingerprint density at radius 1 is 1.16 bits per heavy atom. The van der Waals surface area contributed by atoms with Gasteiger partial charge in [-0.2, -0.15) is 23.7 Å². The number of hydrogen-bond acceptors (Lipinski definition) is 6. The number of carbonyl (C=O) groups is 3. The number of halogens is 3.